The van der Waals surface area contributed by atoms with Crippen molar-refractivity contribution in [2.24, 2.45) is 0 Å². The first-order valence-corrected chi connectivity index (χ1v) is 9.43. The lowest BCUT2D eigenvalue weighted by molar-refractivity contribution is 0.475. The zero-order chi connectivity index (χ0) is 17.9. The fourth-order valence-corrected chi connectivity index (χ4v) is 3.88. The van der Waals surface area contributed by atoms with Crippen LogP contribution in [0.4, 0.5) is 11.4 Å². The molecule has 3 heteroatoms. The highest BCUT2D eigenvalue weighted by molar-refractivity contribution is 7.08. The molecule has 1 heterocycles. The molecule has 4 rings (SSSR count). The first kappa shape index (κ1) is 16.4. The van der Waals surface area contributed by atoms with Crippen LogP contribution in [0, 0.1) is 6.92 Å². The van der Waals surface area contributed by atoms with Gasteiger partial charge in [0, 0.05) is 17.4 Å². The van der Waals surface area contributed by atoms with Crippen molar-refractivity contribution in [3.05, 3.63) is 89.1 Å². The molecule has 0 atom stereocenters. The molecule has 1 aromatic heterocycles. The summed E-state index contributed by atoms with van der Waals surface area (Å²) in [6, 6.07) is 24.1. The Morgan fingerprint density at radius 2 is 1.50 bits per heavy atom. The standard InChI is InChI=1S/C23H19NOS/c1-16-14-26-15-23(16)19-5-2-4-18(12-19)17-8-10-20(11-9-17)24-21-6-3-7-22(25)13-21/h2-15,24-25H,1H3. The predicted molar refractivity (Wildman–Crippen MR) is 111 cm³/mol. The second-order valence-corrected chi connectivity index (χ2v) is 7.05. The van der Waals surface area contributed by atoms with E-state index in [2.05, 4.69) is 71.5 Å². The number of hydrogen-bond acceptors (Lipinski definition) is 3. The second-order valence-electron chi connectivity index (χ2n) is 6.30. The third kappa shape index (κ3) is 3.48. The molecular formula is C23H19NOS. The van der Waals surface area contributed by atoms with Gasteiger partial charge in [0.15, 0.2) is 0 Å². The molecule has 0 aliphatic rings. The van der Waals surface area contributed by atoms with Crippen LogP contribution in [0.3, 0.4) is 0 Å². The van der Waals surface area contributed by atoms with E-state index < -0.39 is 0 Å². The van der Waals surface area contributed by atoms with Crippen molar-refractivity contribution in [2.45, 2.75) is 6.92 Å². The number of anilines is 2. The van der Waals surface area contributed by atoms with Crippen LogP contribution in [0.5, 0.6) is 5.75 Å². The molecule has 26 heavy (non-hydrogen) atoms. The van der Waals surface area contributed by atoms with Crippen LogP contribution in [-0.2, 0) is 0 Å². The molecule has 4 aromatic rings. The molecule has 128 valence electrons. The molecule has 0 spiro atoms. The van der Waals surface area contributed by atoms with E-state index >= 15 is 0 Å². The lowest BCUT2D eigenvalue weighted by Gasteiger charge is -2.09. The van der Waals surface area contributed by atoms with Gasteiger partial charge in [-0.05, 0) is 75.8 Å². The topological polar surface area (TPSA) is 32.3 Å². The highest BCUT2D eigenvalue weighted by Gasteiger charge is 2.05. The molecule has 0 radical (unpaired) electrons. The van der Waals surface area contributed by atoms with Crippen LogP contribution in [0.2, 0.25) is 0 Å². The van der Waals surface area contributed by atoms with Gasteiger partial charge in [0.1, 0.15) is 5.75 Å². The van der Waals surface area contributed by atoms with Gasteiger partial charge < -0.3 is 10.4 Å². The Bertz CT molecular complexity index is 1030. The van der Waals surface area contributed by atoms with Crippen molar-refractivity contribution >= 4 is 22.7 Å². The van der Waals surface area contributed by atoms with Crippen LogP contribution in [0.25, 0.3) is 22.3 Å². The minimum atomic E-state index is 0.257. The van der Waals surface area contributed by atoms with E-state index in [4.69, 9.17) is 0 Å². The van der Waals surface area contributed by atoms with Gasteiger partial charge in [0.25, 0.3) is 0 Å². The Morgan fingerprint density at radius 3 is 2.23 bits per heavy atom. The molecule has 0 saturated heterocycles. The number of thiophene rings is 1. The number of rotatable bonds is 4. The maximum Gasteiger partial charge on any atom is 0.117 e. The third-order valence-electron chi connectivity index (χ3n) is 4.38. The average molecular weight is 357 g/mol. The maximum absolute atomic E-state index is 9.57. The van der Waals surface area contributed by atoms with Gasteiger partial charge in [-0.3, -0.25) is 0 Å². The smallest absolute Gasteiger partial charge is 0.117 e. The van der Waals surface area contributed by atoms with Crippen molar-refractivity contribution in [1.82, 2.24) is 0 Å². The van der Waals surface area contributed by atoms with Gasteiger partial charge in [0.05, 0.1) is 0 Å². The fraction of sp³-hybridized carbons (Fsp3) is 0.0435. The van der Waals surface area contributed by atoms with E-state index in [0.717, 1.165) is 11.4 Å². The van der Waals surface area contributed by atoms with Gasteiger partial charge in [-0.15, -0.1) is 0 Å². The molecule has 0 unspecified atom stereocenters. The van der Waals surface area contributed by atoms with E-state index in [0.29, 0.717) is 0 Å². The summed E-state index contributed by atoms with van der Waals surface area (Å²) in [5.74, 6) is 0.257. The minimum absolute atomic E-state index is 0.257. The normalized spacial score (nSPS) is 10.7. The monoisotopic (exact) mass is 357 g/mol. The predicted octanol–water partition coefficient (Wildman–Crippen LogP) is 6.84. The number of benzene rings is 3. The first-order chi connectivity index (χ1) is 12.7. The second kappa shape index (κ2) is 7.06. The summed E-state index contributed by atoms with van der Waals surface area (Å²) in [4.78, 5) is 0. The third-order valence-corrected chi connectivity index (χ3v) is 5.24. The zero-order valence-electron chi connectivity index (χ0n) is 14.4. The van der Waals surface area contributed by atoms with Crippen molar-refractivity contribution in [3.63, 3.8) is 0 Å². The van der Waals surface area contributed by atoms with E-state index in [1.54, 1.807) is 23.5 Å². The van der Waals surface area contributed by atoms with E-state index in [1.807, 2.05) is 12.1 Å². The quantitative estimate of drug-likeness (QED) is 0.419. The van der Waals surface area contributed by atoms with Gasteiger partial charge >= 0.3 is 0 Å². The van der Waals surface area contributed by atoms with Crippen LogP contribution in [-0.4, -0.2) is 5.11 Å². The Morgan fingerprint density at radius 1 is 0.731 bits per heavy atom. The van der Waals surface area contributed by atoms with Gasteiger partial charge in [-0.2, -0.15) is 11.3 Å². The highest BCUT2D eigenvalue weighted by Crippen LogP contribution is 2.31. The number of phenolic OH excluding ortho intramolecular Hbond substituents is 1. The van der Waals surface area contributed by atoms with Crippen LogP contribution >= 0.6 is 11.3 Å². The minimum Gasteiger partial charge on any atom is -0.508 e. The Hall–Kier alpha value is -3.04. The van der Waals surface area contributed by atoms with Gasteiger partial charge in [0.2, 0.25) is 0 Å². The summed E-state index contributed by atoms with van der Waals surface area (Å²) in [6.45, 7) is 2.15. The van der Waals surface area contributed by atoms with E-state index in [1.165, 1.54) is 27.8 Å². The highest BCUT2D eigenvalue weighted by atomic mass is 32.1. The molecule has 0 aliphatic carbocycles. The molecule has 0 saturated carbocycles. The Labute approximate surface area is 157 Å². The van der Waals surface area contributed by atoms with Gasteiger partial charge in [-0.1, -0.05) is 36.4 Å². The summed E-state index contributed by atoms with van der Waals surface area (Å²) < 4.78 is 0. The molecule has 0 bridgehead atoms. The zero-order valence-corrected chi connectivity index (χ0v) is 15.3. The number of aryl methyl sites for hydroxylation is 1. The summed E-state index contributed by atoms with van der Waals surface area (Å²) in [5, 5.41) is 17.3. The maximum atomic E-state index is 9.57. The van der Waals surface area contributed by atoms with E-state index in [9.17, 15) is 5.11 Å². The first-order valence-electron chi connectivity index (χ1n) is 8.49. The largest absolute Gasteiger partial charge is 0.508 e. The van der Waals surface area contributed by atoms with Crippen molar-refractivity contribution < 1.29 is 5.11 Å². The number of aromatic hydroxyl groups is 1. The molecule has 0 amide bonds. The van der Waals surface area contributed by atoms with Crippen LogP contribution in [0.1, 0.15) is 5.56 Å². The Balaban J connectivity index is 1.58. The van der Waals surface area contributed by atoms with Crippen molar-refractivity contribution in [1.29, 1.82) is 0 Å². The lowest BCUT2D eigenvalue weighted by atomic mass is 9.99. The van der Waals surface area contributed by atoms with Gasteiger partial charge in [-0.25, -0.2) is 0 Å². The van der Waals surface area contributed by atoms with Crippen LogP contribution in [0.15, 0.2) is 83.6 Å². The average Bonchev–Trinajstić information content (AvgIpc) is 3.09. The number of nitrogens with one attached hydrogen (secondary N) is 1. The van der Waals surface area contributed by atoms with Crippen molar-refractivity contribution in [3.8, 4) is 28.0 Å². The van der Waals surface area contributed by atoms with Crippen molar-refractivity contribution in [2.75, 3.05) is 5.32 Å². The summed E-state index contributed by atoms with van der Waals surface area (Å²) in [7, 11) is 0. The van der Waals surface area contributed by atoms with E-state index in [-0.39, 0.29) is 5.75 Å². The number of hydrogen-bond donors (Lipinski definition) is 2. The molecule has 0 fully saturated rings. The molecule has 2 N–H and O–H groups in total. The fourth-order valence-electron chi connectivity index (χ4n) is 3.02. The Kier molecular flexibility index (Phi) is 4.46. The summed E-state index contributed by atoms with van der Waals surface area (Å²) in [5.41, 5.74) is 8.12. The molecular weight excluding hydrogens is 338 g/mol. The SMILES string of the molecule is Cc1cscc1-c1cccc(-c2ccc(Nc3cccc(O)c3)cc2)c1. The molecule has 3 aromatic carbocycles. The molecule has 0 aliphatic heterocycles. The summed E-state index contributed by atoms with van der Waals surface area (Å²) in [6.07, 6.45) is 0. The van der Waals surface area contributed by atoms with Crippen LogP contribution < -0.4 is 5.32 Å². The summed E-state index contributed by atoms with van der Waals surface area (Å²) >= 11 is 1.74. The number of phenols is 1. The lowest BCUT2D eigenvalue weighted by Crippen LogP contribution is -1.89. The molecule has 2 nitrogen and oxygen atoms in total.